The van der Waals surface area contributed by atoms with E-state index in [1.807, 2.05) is 0 Å². The van der Waals surface area contributed by atoms with Crippen molar-refractivity contribution >= 4 is 17.8 Å². The molecule has 0 aromatic heterocycles. The fourth-order valence-electron chi connectivity index (χ4n) is 1.96. The first-order chi connectivity index (χ1) is 12.5. The summed E-state index contributed by atoms with van der Waals surface area (Å²) >= 11 is 0. The molecule has 8 nitrogen and oxygen atoms in total. The summed E-state index contributed by atoms with van der Waals surface area (Å²) in [6.07, 6.45) is 0. The van der Waals surface area contributed by atoms with E-state index in [2.05, 4.69) is 10.9 Å². The molecule has 2 aromatic carbocycles. The molecule has 26 heavy (non-hydrogen) atoms. The van der Waals surface area contributed by atoms with Crippen LogP contribution in [0.4, 0.5) is 0 Å². The molecule has 2 rings (SSSR count). The number of hydrogen-bond donors (Lipinski definition) is 2. The van der Waals surface area contributed by atoms with Crippen LogP contribution in [0.3, 0.4) is 0 Å². The van der Waals surface area contributed by atoms with E-state index < -0.39 is 24.4 Å². The predicted molar refractivity (Wildman–Crippen MR) is 91.9 cm³/mol. The van der Waals surface area contributed by atoms with Gasteiger partial charge in [-0.2, -0.15) is 0 Å². The summed E-state index contributed by atoms with van der Waals surface area (Å²) in [4.78, 5) is 35.5. The number of amides is 2. The van der Waals surface area contributed by atoms with Crippen LogP contribution < -0.4 is 20.3 Å². The van der Waals surface area contributed by atoms with Gasteiger partial charge in [0.1, 0.15) is 11.5 Å². The van der Waals surface area contributed by atoms with Gasteiger partial charge in [-0.25, -0.2) is 4.79 Å². The summed E-state index contributed by atoms with van der Waals surface area (Å²) in [5, 5.41) is 0. The lowest BCUT2D eigenvalue weighted by atomic mass is 10.2. The van der Waals surface area contributed by atoms with Crippen molar-refractivity contribution in [1.29, 1.82) is 0 Å². The lowest BCUT2D eigenvalue weighted by Gasteiger charge is -2.10. The molecule has 2 amide bonds. The minimum absolute atomic E-state index is 0.169. The van der Waals surface area contributed by atoms with E-state index in [9.17, 15) is 14.4 Å². The first kappa shape index (κ1) is 18.8. The molecule has 2 aromatic rings. The van der Waals surface area contributed by atoms with Crippen LogP contribution in [0.2, 0.25) is 0 Å². The van der Waals surface area contributed by atoms with Gasteiger partial charge in [-0.05, 0) is 24.3 Å². The number of hydrogen-bond acceptors (Lipinski definition) is 6. The number of benzene rings is 2. The molecule has 0 aliphatic rings. The Morgan fingerprint density at radius 2 is 1.46 bits per heavy atom. The summed E-state index contributed by atoms with van der Waals surface area (Å²) in [5.41, 5.74) is 4.95. The zero-order valence-corrected chi connectivity index (χ0v) is 14.3. The maximum Gasteiger partial charge on any atom is 0.338 e. The summed E-state index contributed by atoms with van der Waals surface area (Å²) in [6.45, 7) is -0.562. The minimum atomic E-state index is -0.730. The zero-order chi connectivity index (χ0) is 18.9. The van der Waals surface area contributed by atoms with E-state index in [1.54, 1.807) is 36.4 Å². The molecule has 0 radical (unpaired) electrons. The van der Waals surface area contributed by atoms with Crippen LogP contribution in [0.25, 0.3) is 0 Å². The topological polar surface area (TPSA) is 103 Å². The highest BCUT2D eigenvalue weighted by molar-refractivity contribution is 5.96. The quantitative estimate of drug-likeness (QED) is 0.596. The number of nitrogens with one attached hydrogen (secondary N) is 2. The molecule has 0 spiro atoms. The molecule has 2 N–H and O–H groups in total. The number of ether oxygens (including phenoxy) is 3. The standard InChI is InChI=1S/C18H18N2O6/c1-24-14-8-13(9-15(10-14)25-2)18(23)26-11-16(21)19-20-17(22)12-6-4-3-5-7-12/h3-10H,11H2,1-2H3,(H,19,21)(H,20,22). The lowest BCUT2D eigenvalue weighted by molar-refractivity contribution is -0.125. The molecule has 0 bridgehead atoms. The molecule has 0 saturated carbocycles. The summed E-state index contributed by atoms with van der Waals surface area (Å²) in [6, 6.07) is 12.9. The Hall–Kier alpha value is -3.55. The van der Waals surface area contributed by atoms with E-state index in [0.29, 0.717) is 17.1 Å². The number of hydrazine groups is 1. The third-order valence-corrected chi connectivity index (χ3v) is 3.27. The van der Waals surface area contributed by atoms with Gasteiger partial charge >= 0.3 is 5.97 Å². The summed E-state index contributed by atoms with van der Waals surface area (Å²) in [5.74, 6) is -1.07. The van der Waals surface area contributed by atoms with Gasteiger partial charge in [0, 0.05) is 11.6 Å². The Kier molecular flexibility index (Phi) is 6.55. The normalized spacial score (nSPS) is 9.77. The van der Waals surface area contributed by atoms with Crippen molar-refractivity contribution < 1.29 is 28.6 Å². The van der Waals surface area contributed by atoms with Gasteiger partial charge in [0.15, 0.2) is 6.61 Å². The van der Waals surface area contributed by atoms with Crippen molar-refractivity contribution in [3.05, 3.63) is 59.7 Å². The molecular weight excluding hydrogens is 340 g/mol. The molecular formula is C18H18N2O6. The molecule has 0 heterocycles. The van der Waals surface area contributed by atoms with Crippen LogP contribution in [0.15, 0.2) is 48.5 Å². The number of carbonyl (C=O) groups excluding carboxylic acids is 3. The van der Waals surface area contributed by atoms with Crippen molar-refractivity contribution in [3.8, 4) is 11.5 Å². The minimum Gasteiger partial charge on any atom is -0.497 e. The Morgan fingerprint density at radius 3 is 2.04 bits per heavy atom. The molecule has 8 heteroatoms. The van der Waals surface area contributed by atoms with Crippen molar-refractivity contribution in [1.82, 2.24) is 10.9 Å². The largest absolute Gasteiger partial charge is 0.497 e. The molecule has 0 unspecified atom stereocenters. The third kappa shape index (κ3) is 5.23. The molecule has 0 aliphatic carbocycles. The number of carbonyl (C=O) groups is 3. The average Bonchev–Trinajstić information content (AvgIpc) is 2.70. The van der Waals surface area contributed by atoms with Crippen molar-refractivity contribution in [2.75, 3.05) is 20.8 Å². The third-order valence-electron chi connectivity index (χ3n) is 3.27. The Labute approximate surface area is 150 Å². The highest BCUT2D eigenvalue weighted by atomic mass is 16.5. The van der Waals surface area contributed by atoms with Gasteiger partial charge < -0.3 is 14.2 Å². The van der Waals surface area contributed by atoms with Gasteiger partial charge in [0.05, 0.1) is 19.8 Å². The smallest absolute Gasteiger partial charge is 0.338 e. The van der Waals surface area contributed by atoms with Crippen molar-refractivity contribution in [3.63, 3.8) is 0 Å². The fraction of sp³-hybridized carbons (Fsp3) is 0.167. The number of methoxy groups -OCH3 is 2. The average molecular weight is 358 g/mol. The first-order valence-electron chi connectivity index (χ1n) is 7.58. The van der Waals surface area contributed by atoms with E-state index in [0.717, 1.165) is 0 Å². The van der Waals surface area contributed by atoms with Gasteiger partial charge in [-0.3, -0.25) is 20.4 Å². The molecule has 0 aliphatic heterocycles. The van der Waals surface area contributed by atoms with E-state index in [4.69, 9.17) is 14.2 Å². The molecule has 0 atom stereocenters. The predicted octanol–water partition coefficient (Wildman–Crippen LogP) is 1.32. The second-order valence-corrected chi connectivity index (χ2v) is 5.05. The van der Waals surface area contributed by atoms with Crippen LogP contribution in [-0.2, 0) is 9.53 Å². The number of rotatable bonds is 6. The van der Waals surface area contributed by atoms with Crippen molar-refractivity contribution in [2.45, 2.75) is 0 Å². The highest BCUT2D eigenvalue weighted by Crippen LogP contribution is 2.22. The Balaban J connectivity index is 1.85. The van der Waals surface area contributed by atoms with E-state index in [-0.39, 0.29) is 5.56 Å². The summed E-state index contributed by atoms with van der Waals surface area (Å²) in [7, 11) is 2.90. The Bertz CT molecular complexity index is 769. The molecule has 136 valence electrons. The highest BCUT2D eigenvalue weighted by Gasteiger charge is 2.14. The van der Waals surface area contributed by atoms with E-state index >= 15 is 0 Å². The monoisotopic (exact) mass is 358 g/mol. The summed E-state index contributed by atoms with van der Waals surface area (Å²) < 4.78 is 15.0. The zero-order valence-electron chi connectivity index (χ0n) is 14.3. The van der Waals surface area contributed by atoms with Crippen LogP contribution >= 0.6 is 0 Å². The van der Waals surface area contributed by atoms with Crippen LogP contribution in [0, 0.1) is 0 Å². The first-order valence-corrected chi connectivity index (χ1v) is 7.58. The van der Waals surface area contributed by atoms with Crippen molar-refractivity contribution in [2.24, 2.45) is 0 Å². The fourth-order valence-corrected chi connectivity index (χ4v) is 1.96. The SMILES string of the molecule is COc1cc(OC)cc(C(=O)OCC(=O)NNC(=O)c2ccccc2)c1. The maximum absolute atomic E-state index is 12.0. The lowest BCUT2D eigenvalue weighted by Crippen LogP contribution is -2.43. The molecule has 0 fully saturated rings. The van der Waals surface area contributed by atoms with Gasteiger partial charge in [0.2, 0.25) is 0 Å². The Morgan fingerprint density at radius 1 is 0.846 bits per heavy atom. The van der Waals surface area contributed by atoms with E-state index in [1.165, 1.54) is 26.4 Å². The number of esters is 1. The second kappa shape index (κ2) is 9.07. The van der Waals surface area contributed by atoms with Gasteiger partial charge in [-0.1, -0.05) is 18.2 Å². The van der Waals surface area contributed by atoms with Crippen LogP contribution in [0.1, 0.15) is 20.7 Å². The maximum atomic E-state index is 12.0. The van der Waals surface area contributed by atoms with Crippen LogP contribution in [-0.4, -0.2) is 38.6 Å². The van der Waals surface area contributed by atoms with Gasteiger partial charge in [0.25, 0.3) is 11.8 Å². The van der Waals surface area contributed by atoms with Gasteiger partial charge in [-0.15, -0.1) is 0 Å². The second-order valence-electron chi connectivity index (χ2n) is 5.05. The molecule has 0 saturated heterocycles. The van der Waals surface area contributed by atoms with Crippen LogP contribution in [0.5, 0.6) is 11.5 Å².